The van der Waals surface area contributed by atoms with Crippen LogP contribution in [-0.2, 0) is 32.0 Å². The molecular weight excluding hydrogens is 488 g/mol. The lowest BCUT2D eigenvalue weighted by Gasteiger charge is -2.09. The highest BCUT2D eigenvalue weighted by molar-refractivity contribution is 7.90. The number of rotatable bonds is 8. The molecule has 1 aromatic heterocycles. The minimum atomic E-state index is -3.91. The number of carbonyl (C=O) groups is 1. The maximum atomic E-state index is 12.8. The Hall–Kier alpha value is -2.86. The maximum absolute atomic E-state index is 12.8. The molecule has 0 aliphatic carbocycles. The highest BCUT2D eigenvalue weighted by Crippen LogP contribution is 2.19. The molecule has 1 heterocycles. The highest BCUT2D eigenvalue weighted by atomic mass is 35.5. The van der Waals surface area contributed by atoms with Crippen molar-refractivity contribution in [2.45, 2.75) is 29.1 Å². The summed E-state index contributed by atoms with van der Waals surface area (Å²) in [6.07, 6.45) is 1.47. The van der Waals surface area contributed by atoms with Crippen molar-refractivity contribution >= 4 is 37.4 Å². The molecule has 3 rings (SSSR count). The fourth-order valence-electron chi connectivity index (χ4n) is 2.95. The molecule has 3 aromatic rings. The second-order valence-electron chi connectivity index (χ2n) is 7.23. The summed E-state index contributed by atoms with van der Waals surface area (Å²) in [6.45, 7) is 1.98. The average molecular weight is 509 g/mol. The molecular formula is C21H21ClN4O5S2. The zero-order valence-corrected chi connectivity index (χ0v) is 19.9. The van der Waals surface area contributed by atoms with Crippen molar-refractivity contribution in [1.29, 1.82) is 0 Å². The first-order chi connectivity index (χ1) is 15.5. The first kappa shape index (κ1) is 24.8. The summed E-state index contributed by atoms with van der Waals surface area (Å²) in [5, 5.41) is 7.11. The van der Waals surface area contributed by atoms with Gasteiger partial charge in [-0.1, -0.05) is 48.0 Å². The van der Waals surface area contributed by atoms with Gasteiger partial charge in [0.25, 0.3) is 5.91 Å². The van der Waals surface area contributed by atoms with Gasteiger partial charge in [0.2, 0.25) is 25.0 Å². The van der Waals surface area contributed by atoms with Crippen LogP contribution in [0, 0.1) is 6.92 Å². The largest absolute Gasteiger partial charge is 0.350 e. The fraction of sp³-hybridized carbons (Fsp3) is 0.190. The van der Waals surface area contributed by atoms with Crippen LogP contribution < -0.4 is 10.5 Å². The van der Waals surface area contributed by atoms with Crippen LogP contribution >= 0.6 is 11.6 Å². The van der Waals surface area contributed by atoms with Crippen LogP contribution in [0.25, 0.3) is 0 Å². The molecule has 2 aromatic carbocycles. The lowest BCUT2D eigenvalue weighted by Crippen LogP contribution is -2.27. The molecule has 0 bridgehead atoms. The molecule has 3 N–H and O–H groups in total. The molecule has 0 aliphatic heterocycles. The number of hydrogen-bond acceptors (Lipinski definition) is 7. The lowest BCUT2D eigenvalue weighted by molar-refractivity contribution is 0.0948. The number of nitrogens with one attached hydrogen (secondary N) is 1. The third-order valence-corrected chi connectivity index (χ3v) is 7.42. The third kappa shape index (κ3) is 6.35. The van der Waals surface area contributed by atoms with Gasteiger partial charge in [-0.2, -0.15) is 0 Å². The van der Waals surface area contributed by atoms with Crippen molar-refractivity contribution in [3.8, 4) is 0 Å². The molecule has 0 radical (unpaired) electrons. The molecule has 0 saturated carbocycles. The van der Waals surface area contributed by atoms with Gasteiger partial charge in [-0.3, -0.25) is 4.79 Å². The zero-order chi connectivity index (χ0) is 24.2. The average Bonchev–Trinajstić information content (AvgIpc) is 2.75. The maximum Gasteiger partial charge on any atom is 0.271 e. The molecule has 0 fully saturated rings. The Morgan fingerprint density at radius 2 is 1.73 bits per heavy atom. The topological polar surface area (TPSA) is 149 Å². The van der Waals surface area contributed by atoms with Crippen LogP contribution in [0.2, 0.25) is 5.02 Å². The van der Waals surface area contributed by atoms with Crippen molar-refractivity contribution in [1.82, 2.24) is 15.3 Å². The Morgan fingerprint density at radius 1 is 1.06 bits per heavy atom. The summed E-state index contributed by atoms with van der Waals surface area (Å²) in [5.41, 5.74) is 1.93. The lowest BCUT2D eigenvalue weighted by atomic mass is 10.1. The first-order valence-electron chi connectivity index (χ1n) is 9.67. The zero-order valence-electron chi connectivity index (χ0n) is 17.5. The van der Waals surface area contributed by atoms with Crippen molar-refractivity contribution in [3.63, 3.8) is 0 Å². The van der Waals surface area contributed by atoms with Crippen molar-refractivity contribution in [2.24, 2.45) is 5.14 Å². The van der Waals surface area contributed by atoms with Gasteiger partial charge < -0.3 is 5.32 Å². The van der Waals surface area contributed by atoms with Crippen LogP contribution in [-0.4, -0.2) is 39.3 Å². The normalized spacial score (nSPS) is 11.8. The number of sulfone groups is 1. The fourth-order valence-corrected chi connectivity index (χ4v) is 4.95. The van der Waals surface area contributed by atoms with Crippen LogP contribution in [0.3, 0.4) is 0 Å². The van der Waals surface area contributed by atoms with Gasteiger partial charge in [0.15, 0.2) is 5.69 Å². The van der Waals surface area contributed by atoms with Crippen LogP contribution in [0.4, 0.5) is 0 Å². The monoisotopic (exact) mass is 508 g/mol. The Balaban J connectivity index is 1.69. The van der Waals surface area contributed by atoms with E-state index in [0.717, 1.165) is 17.3 Å². The number of aromatic nitrogens is 2. The summed E-state index contributed by atoms with van der Waals surface area (Å²) in [5.74, 6) is -0.965. The molecule has 0 spiro atoms. The van der Waals surface area contributed by atoms with Crippen LogP contribution in [0.15, 0.2) is 64.8 Å². The molecule has 0 atom stereocenters. The number of nitrogens with zero attached hydrogens (tertiary/aromatic N) is 2. The van der Waals surface area contributed by atoms with Gasteiger partial charge in [-0.15, -0.1) is 0 Å². The van der Waals surface area contributed by atoms with Crippen molar-refractivity contribution in [2.75, 3.05) is 6.54 Å². The van der Waals surface area contributed by atoms with Gasteiger partial charge in [0, 0.05) is 6.54 Å². The number of aryl methyl sites for hydroxylation is 1. The van der Waals surface area contributed by atoms with E-state index in [1.165, 1.54) is 12.1 Å². The highest BCUT2D eigenvalue weighted by Gasteiger charge is 2.23. The quantitative estimate of drug-likeness (QED) is 0.442. The Morgan fingerprint density at radius 3 is 2.36 bits per heavy atom. The number of primary sulfonamides is 1. The molecule has 0 aliphatic rings. The van der Waals surface area contributed by atoms with E-state index in [1.807, 2.05) is 0 Å². The van der Waals surface area contributed by atoms with Crippen LogP contribution in [0.5, 0.6) is 0 Å². The molecule has 174 valence electrons. The third-order valence-electron chi connectivity index (χ3n) is 4.77. The van der Waals surface area contributed by atoms with E-state index >= 15 is 0 Å². The van der Waals surface area contributed by atoms with Gasteiger partial charge in [-0.05, 0) is 42.2 Å². The Kier molecular flexibility index (Phi) is 7.48. The number of benzene rings is 2. The summed E-state index contributed by atoms with van der Waals surface area (Å²) < 4.78 is 48.2. The smallest absolute Gasteiger partial charge is 0.271 e. The minimum absolute atomic E-state index is 0.0116. The Labute approximate surface area is 197 Å². The number of nitrogens with two attached hydrogens (primary N) is 1. The van der Waals surface area contributed by atoms with Gasteiger partial charge >= 0.3 is 0 Å². The molecule has 0 saturated heterocycles. The second-order valence-corrected chi connectivity index (χ2v) is 11.1. The molecule has 9 nitrogen and oxygen atoms in total. The van der Waals surface area contributed by atoms with E-state index in [9.17, 15) is 21.6 Å². The molecule has 33 heavy (non-hydrogen) atoms. The van der Waals surface area contributed by atoms with E-state index in [0.29, 0.717) is 12.0 Å². The number of amides is 1. The SMILES string of the molecule is Cc1ccccc1CS(=O)(=O)c1ncc(Cl)c(C(=O)NCCc2ccc(S(N)(=O)=O)cc2)n1. The number of halogens is 1. The second kappa shape index (κ2) is 9.96. The van der Waals surface area contributed by atoms with Gasteiger partial charge in [-0.25, -0.2) is 31.9 Å². The number of sulfonamides is 1. The number of hydrogen-bond donors (Lipinski definition) is 2. The Bertz CT molecular complexity index is 1390. The van der Waals surface area contributed by atoms with E-state index in [4.69, 9.17) is 16.7 Å². The van der Waals surface area contributed by atoms with Gasteiger partial charge in [0.05, 0.1) is 21.9 Å². The van der Waals surface area contributed by atoms with Crippen molar-refractivity contribution < 1.29 is 21.6 Å². The standard InChI is InChI=1S/C21H21ClN4O5S2/c1-14-4-2-3-5-16(14)13-32(28,29)21-25-12-18(22)19(26-21)20(27)24-11-10-15-6-8-17(9-7-15)33(23,30)31/h2-9,12H,10-11,13H2,1H3,(H,24,27)(H2,23,30,31). The molecule has 12 heteroatoms. The van der Waals surface area contributed by atoms with Crippen molar-refractivity contribution in [3.05, 3.63) is 82.1 Å². The van der Waals surface area contributed by atoms with E-state index < -0.39 is 30.9 Å². The summed E-state index contributed by atoms with van der Waals surface area (Å²) >= 11 is 6.03. The summed E-state index contributed by atoms with van der Waals surface area (Å²) in [6, 6.07) is 13.0. The first-order valence-corrected chi connectivity index (χ1v) is 13.2. The minimum Gasteiger partial charge on any atom is -0.350 e. The van der Waals surface area contributed by atoms with E-state index in [2.05, 4.69) is 15.3 Å². The summed E-state index contributed by atoms with van der Waals surface area (Å²) in [7, 11) is -7.69. The molecule has 0 unspecified atom stereocenters. The molecule has 1 amide bonds. The van der Waals surface area contributed by atoms with Crippen LogP contribution in [0.1, 0.15) is 27.2 Å². The van der Waals surface area contributed by atoms with E-state index in [-0.39, 0.29) is 27.9 Å². The predicted octanol–water partition coefficient (Wildman–Crippen LogP) is 2.03. The predicted molar refractivity (Wildman–Crippen MR) is 123 cm³/mol. The summed E-state index contributed by atoms with van der Waals surface area (Å²) in [4.78, 5) is 20.3. The van der Waals surface area contributed by atoms with Gasteiger partial charge in [0.1, 0.15) is 0 Å². The van der Waals surface area contributed by atoms with E-state index in [1.54, 1.807) is 43.3 Å². The number of carbonyl (C=O) groups excluding carboxylic acids is 1.